The largest absolute Gasteiger partial charge is 0.497 e. The zero-order valence-corrected chi connectivity index (χ0v) is 15.6. The van der Waals surface area contributed by atoms with Gasteiger partial charge in [-0.3, -0.25) is 4.90 Å². The third kappa shape index (κ3) is 3.93. The van der Waals surface area contributed by atoms with E-state index in [2.05, 4.69) is 17.0 Å². The van der Waals surface area contributed by atoms with Gasteiger partial charge >= 0.3 is 6.18 Å². The molecule has 0 amide bonds. The zero-order valence-electron chi connectivity index (χ0n) is 15.6. The fourth-order valence-electron chi connectivity index (χ4n) is 3.98. The summed E-state index contributed by atoms with van der Waals surface area (Å²) in [6.07, 6.45) is -1.71. The van der Waals surface area contributed by atoms with Crippen molar-refractivity contribution >= 4 is 5.57 Å². The van der Waals surface area contributed by atoms with E-state index in [1.165, 1.54) is 18.7 Å². The molecule has 4 rings (SSSR count). The van der Waals surface area contributed by atoms with Gasteiger partial charge in [-0.25, -0.2) is 0 Å². The highest BCUT2D eigenvalue weighted by molar-refractivity contribution is 5.69. The lowest BCUT2D eigenvalue weighted by Crippen LogP contribution is -2.53. The van der Waals surface area contributed by atoms with E-state index < -0.39 is 11.7 Å². The second kappa shape index (κ2) is 7.60. The molecule has 3 nitrogen and oxygen atoms in total. The van der Waals surface area contributed by atoms with Crippen molar-refractivity contribution in [3.63, 3.8) is 0 Å². The summed E-state index contributed by atoms with van der Waals surface area (Å²) in [4.78, 5) is 2.38. The smallest absolute Gasteiger partial charge is 0.416 e. The van der Waals surface area contributed by atoms with Crippen molar-refractivity contribution in [3.05, 3.63) is 71.3 Å². The van der Waals surface area contributed by atoms with E-state index >= 15 is 0 Å². The Morgan fingerprint density at radius 1 is 1.11 bits per heavy atom. The van der Waals surface area contributed by atoms with Crippen LogP contribution in [-0.4, -0.2) is 37.3 Å². The van der Waals surface area contributed by atoms with E-state index in [9.17, 15) is 13.2 Å². The lowest BCUT2D eigenvalue weighted by molar-refractivity contribution is -0.137. The second-order valence-corrected chi connectivity index (χ2v) is 7.26. The summed E-state index contributed by atoms with van der Waals surface area (Å²) >= 11 is 0. The van der Waals surface area contributed by atoms with Crippen LogP contribution in [0.15, 0.2) is 54.6 Å². The maximum Gasteiger partial charge on any atom is 0.416 e. The molecule has 2 bridgehead atoms. The average Bonchev–Trinajstić information content (AvgIpc) is 2.67. The third-order valence-electron chi connectivity index (χ3n) is 5.39. The number of nitrogens with zero attached hydrogens (tertiary/aromatic N) is 1. The van der Waals surface area contributed by atoms with Crippen LogP contribution in [0.4, 0.5) is 13.2 Å². The van der Waals surface area contributed by atoms with Gasteiger partial charge in [-0.1, -0.05) is 36.4 Å². The molecule has 0 N–H and O–H groups in total. The zero-order chi connectivity index (χ0) is 19.7. The predicted octanol–water partition coefficient (Wildman–Crippen LogP) is 4.77. The van der Waals surface area contributed by atoms with Crippen LogP contribution in [0.1, 0.15) is 23.1 Å². The van der Waals surface area contributed by atoms with Gasteiger partial charge in [0.15, 0.2) is 0 Å². The molecule has 2 unspecified atom stereocenters. The van der Waals surface area contributed by atoms with E-state index in [0.717, 1.165) is 18.2 Å². The third-order valence-corrected chi connectivity index (χ3v) is 5.39. The Kier molecular flexibility index (Phi) is 5.17. The number of benzene rings is 2. The monoisotopic (exact) mass is 389 g/mol. The Morgan fingerprint density at radius 3 is 2.57 bits per heavy atom. The highest BCUT2D eigenvalue weighted by Crippen LogP contribution is 2.38. The van der Waals surface area contributed by atoms with Crippen molar-refractivity contribution in [1.29, 1.82) is 0 Å². The molecule has 0 aromatic heterocycles. The van der Waals surface area contributed by atoms with Crippen LogP contribution in [0.25, 0.3) is 5.57 Å². The van der Waals surface area contributed by atoms with Crippen molar-refractivity contribution in [2.24, 2.45) is 0 Å². The van der Waals surface area contributed by atoms with Gasteiger partial charge in [-0.2, -0.15) is 13.2 Å². The molecular weight excluding hydrogens is 367 g/mol. The van der Waals surface area contributed by atoms with E-state index in [1.54, 1.807) is 6.07 Å². The molecule has 2 atom stereocenters. The van der Waals surface area contributed by atoms with Gasteiger partial charge in [0.05, 0.1) is 31.9 Å². The van der Waals surface area contributed by atoms with Crippen molar-refractivity contribution < 1.29 is 22.6 Å². The summed E-state index contributed by atoms with van der Waals surface area (Å²) in [5.41, 5.74) is 2.03. The number of methoxy groups -OCH3 is 1. The molecule has 2 aliphatic heterocycles. The van der Waals surface area contributed by atoms with Crippen molar-refractivity contribution in [2.45, 2.75) is 31.2 Å². The summed E-state index contributed by atoms with van der Waals surface area (Å²) in [5.74, 6) is 0.221. The highest BCUT2D eigenvalue weighted by atomic mass is 19.4. The Balaban J connectivity index is 1.65. The van der Waals surface area contributed by atoms with Gasteiger partial charge in [0.25, 0.3) is 0 Å². The number of ether oxygens (including phenoxy) is 2. The van der Waals surface area contributed by atoms with Crippen LogP contribution in [-0.2, 0) is 17.5 Å². The van der Waals surface area contributed by atoms with Gasteiger partial charge in [0.2, 0.25) is 0 Å². The molecule has 148 valence electrons. The summed E-state index contributed by atoms with van der Waals surface area (Å²) in [7, 11) is 1.39. The van der Waals surface area contributed by atoms with Crippen molar-refractivity contribution in [2.75, 3.05) is 20.3 Å². The minimum absolute atomic E-state index is 0.0447. The number of alkyl halides is 3. The maximum absolute atomic E-state index is 13.3. The molecule has 1 saturated heterocycles. The summed E-state index contributed by atoms with van der Waals surface area (Å²) in [5, 5.41) is 0. The first-order valence-electron chi connectivity index (χ1n) is 9.29. The Labute approximate surface area is 162 Å². The fraction of sp³-hybridized carbons (Fsp3) is 0.364. The van der Waals surface area contributed by atoms with Crippen LogP contribution in [0.3, 0.4) is 0 Å². The van der Waals surface area contributed by atoms with Gasteiger partial charge in [-0.05, 0) is 41.3 Å². The summed E-state index contributed by atoms with van der Waals surface area (Å²) in [6, 6.07) is 14.3. The minimum atomic E-state index is -4.41. The quantitative estimate of drug-likeness (QED) is 0.752. The van der Waals surface area contributed by atoms with E-state index in [-0.39, 0.29) is 17.8 Å². The highest BCUT2D eigenvalue weighted by Gasteiger charge is 2.36. The van der Waals surface area contributed by atoms with Crippen LogP contribution in [0.2, 0.25) is 0 Å². The molecule has 0 saturated carbocycles. The SMILES string of the molecule is COc1cc(C2=CC3COCC(C2)N3Cc2ccccc2)cc(C(F)(F)F)c1. The lowest BCUT2D eigenvalue weighted by Gasteiger charge is -2.45. The predicted molar refractivity (Wildman–Crippen MR) is 101 cm³/mol. The van der Waals surface area contributed by atoms with Crippen LogP contribution < -0.4 is 4.74 Å². The van der Waals surface area contributed by atoms with Gasteiger partial charge in [-0.15, -0.1) is 0 Å². The first kappa shape index (κ1) is 19.0. The topological polar surface area (TPSA) is 21.7 Å². The summed E-state index contributed by atoms with van der Waals surface area (Å²) < 4.78 is 50.7. The van der Waals surface area contributed by atoms with Gasteiger partial charge in [0, 0.05) is 12.6 Å². The second-order valence-electron chi connectivity index (χ2n) is 7.26. The normalized spacial score (nSPS) is 22.6. The van der Waals surface area contributed by atoms with Crippen LogP contribution in [0, 0.1) is 0 Å². The standard InChI is InChI=1S/C22H22F3NO2/c1-27-21-10-16(7-18(11-21)22(23,24)25)17-8-19-13-28-14-20(9-17)26(19)12-15-5-3-2-4-6-15/h2-8,10-11,19-20H,9,12-14H2,1H3. The lowest BCUT2D eigenvalue weighted by atomic mass is 9.88. The first-order chi connectivity index (χ1) is 13.4. The number of fused-ring (bicyclic) bond motifs is 2. The fourth-order valence-corrected chi connectivity index (χ4v) is 3.98. The molecular formula is C22H22F3NO2. The molecule has 0 radical (unpaired) electrons. The van der Waals surface area contributed by atoms with Crippen LogP contribution in [0.5, 0.6) is 5.75 Å². The molecule has 2 aliphatic rings. The molecule has 0 spiro atoms. The minimum Gasteiger partial charge on any atom is -0.497 e. The van der Waals surface area contributed by atoms with Crippen LogP contribution >= 0.6 is 0 Å². The van der Waals surface area contributed by atoms with Crippen molar-refractivity contribution in [3.8, 4) is 5.75 Å². The molecule has 28 heavy (non-hydrogen) atoms. The average molecular weight is 389 g/mol. The maximum atomic E-state index is 13.3. The van der Waals surface area contributed by atoms with Crippen molar-refractivity contribution in [1.82, 2.24) is 4.90 Å². The molecule has 2 heterocycles. The first-order valence-corrected chi connectivity index (χ1v) is 9.29. The molecule has 6 heteroatoms. The van der Waals surface area contributed by atoms with Gasteiger partial charge < -0.3 is 9.47 Å². The number of rotatable bonds is 4. The summed E-state index contributed by atoms with van der Waals surface area (Å²) in [6.45, 7) is 1.93. The van der Waals surface area contributed by atoms with E-state index in [4.69, 9.17) is 9.47 Å². The number of hydrogen-bond acceptors (Lipinski definition) is 3. The Morgan fingerprint density at radius 2 is 1.89 bits per heavy atom. The number of halogens is 3. The number of hydrogen-bond donors (Lipinski definition) is 0. The van der Waals surface area contributed by atoms with E-state index in [0.29, 0.717) is 25.2 Å². The van der Waals surface area contributed by atoms with E-state index in [1.807, 2.05) is 24.3 Å². The molecule has 2 aromatic carbocycles. The molecule has 2 aromatic rings. The number of morpholine rings is 1. The Bertz CT molecular complexity index is 864. The Hall–Kier alpha value is -2.31. The van der Waals surface area contributed by atoms with Gasteiger partial charge in [0.1, 0.15) is 5.75 Å². The molecule has 1 fully saturated rings. The molecule has 0 aliphatic carbocycles.